The van der Waals surface area contributed by atoms with E-state index in [1.807, 2.05) is 0 Å². The number of halogens is 1. The van der Waals surface area contributed by atoms with Gasteiger partial charge in [0.15, 0.2) is 0 Å². The maximum absolute atomic E-state index is 6.96. The SMILES string of the molecule is c1ccc([Si](c2ccccc2)(c2ccccc2)c2cc(I3c4ccccc4-c4ccccc43)cc3c2oc2ccccc23)cc1. The van der Waals surface area contributed by atoms with Gasteiger partial charge in [-0.2, -0.15) is 0 Å². The first-order valence-electron chi connectivity index (χ1n) is 15.3. The molecule has 0 N–H and O–H groups in total. The third-order valence-electron chi connectivity index (χ3n) is 9.13. The summed E-state index contributed by atoms with van der Waals surface area (Å²) in [5.74, 6) is 0. The summed E-state index contributed by atoms with van der Waals surface area (Å²) >= 11 is -2.05. The van der Waals surface area contributed by atoms with Crippen molar-refractivity contribution in [3.8, 4) is 11.1 Å². The molecule has 1 aliphatic rings. The Morgan fingerprint density at radius 1 is 0.422 bits per heavy atom. The van der Waals surface area contributed by atoms with Crippen LogP contribution in [-0.2, 0) is 0 Å². The van der Waals surface area contributed by atoms with Crippen molar-refractivity contribution in [3.05, 3.63) is 187 Å². The molecule has 1 aromatic heterocycles. The van der Waals surface area contributed by atoms with E-state index in [4.69, 9.17) is 4.42 Å². The third kappa shape index (κ3) is 4.04. The van der Waals surface area contributed by atoms with E-state index in [0.29, 0.717) is 0 Å². The first-order valence-corrected chi connectivity index (χ1v) is 20.6. The predicted molar refractivity (Wildman–Crippen MR) is 199 cm³/mol. The van der Waals surface area contributed by atoms with Gasteiger partial charge in [0.05, 0.1) is 0 Å². The number of hydrogen-bond donors (Lipinski definition) is 0. The molecule has 7 aromatic carbocycles. The topological polar surface area (TPSA) is 13.1 Å². The van der Waals surface area contributed by atoms with Crippen molar-refractivity contribution in [2.24, 2.45) is 0 Å². The van der Waals surface area contributed by atoms with Crippen LogP contribution in [0.2, 0.25) is 0 Å². The summed E-state index contributed by atoms with van der Waals surface area (Å²) in [4.78, 5) is 0. The number of furan rings is 1. The van der Waals surface area contributed by atoms with Crippen molar-refractivity contribution in [1.82, 2.24) is 0 Å². The van der Waals surface area contributed by atoms with E-state index in [2.05, 4.69) is 176 Å². The van der Waals surface area contributed by atoms with Crippen molar-refractivity contribution in [3.63, 3.8) is 0 Å². The number of para-hydroxylation sites is 1. The molecule has 2 heterocycles. The minimum atomic E-state index is -2.86. The molecule has 0 saturated heterocycles. The fraction of sp³-hybridized carbons (Fsp3) is 0. The van der Waals surface area contributed by atoms with Crippen LogP contribution in [0.15, 0.2) is 180 Å². The van der Waals surface area contributed by atoms with Gasteiger partial charge in [-0.25, -0.2) is 0 Å². The van der Waals surface area contributed by atoms with Crippen molar-refractivity contribution in [1.29, 1.82) is 0 Å². The fourth-order valence-electron chi connectivity index (χ4n) is 7.24. The average Bonchev–Trinajstić information content (AvgIpc) is 3.66. The van der Waals surface area contributed by atoms with Crippen LogP contribution in [0.3, 0.4) is 0 Å². The molecule has 1 nitrogen and oxygen atoms in total. The fourth-order valence-corrected chi connectivity index (χ4v) is 18.9. The zero-order valence-electron chi connectivity index (χ0n) is 24.5. The van der Waals surface area contributed by atoms with E-state index < -0.39 is 27.9 Å². The monoisotopic (exact) mass is 704 g/mol. The van der Waals surface area contributed by atoms with Gasteiger partial charge in [-0.15, -0.1) is 0 Å². The molecule has 214 valence electrons. The molecule has 45 heavy (non-hydrogen) atoms. The van der Waals surface area contributed by atoms with Gasteiger partial charge in [0.2, 0.25) is 0 Å². The van der Waals surface area contributed by atoms with Gasteiger partial charge in [-0.1, -0.05) is 0 Å². The van der Waals surface area contributed by atoms with Crippen LogP contribution in [0.25, 0.3) is 33.1 Å². The molecule has 9 rings (SSSR count). The van der Waals surface area contributed by atoms with Crippen LogP contribution < -0.4 is 20.7 Å². The molecule has 0 saturated carbocycles. The van der Waals surface area contributed by atoms with Crippen LogP contribution in [-0.4, -0.2) is 8.07 Å². The van der Waals surface area contributed by atoms with Crippen molar-refractivity contribution in [2.45, 2.75) is 0 Å². The van der Waals surface area contributed by atoms with Gasteiger partial charge >= 0.3 is 273 Å². The van der Waals surface area contributed by atoms with Gasteiger partial charge in [0.1, 0.15) is 0 Å². The Morgan fingerprint density at radius 2 is 0.889 bits per heavy atom. The second-order valence-corrected chi connectivity index (χ2v) is 20.5. The Balaban J connectivity index is 1.47. The Kier molecular flexibility index (Phi) is 6.35. The van der Waals surface area contributed by atoms with E-state index in [0.717, 1.165) is 11.2 Å². The molecule has 1 aliphatic heterocycles. The van der Waals surface area contributed by atoms with Crippen molar-refractivity contribution >= 4 is 70.6 Å². The van der Waals surface area contributed by atoms with Gasteiger partial charge in [0, 0.05) is 0 Å². The van der Waals surface area contributed by atoms with Crippen LogP contribution in [0.5, 0.6) is 0 Å². The Labute approximate surface area is 271 Å². The summed E-state index contributed by atoms with van der Waals surface area (Å²) in [7, 11) is -2.86. The van der Waals surface area contributed by atoms with Gasteiger partial charge in [-0.05, 0) is 0 Å². The molecule has 8 aromatic rings. The van der Waals surface area contributed by atoms with E-state index in [1.165, 1.54) is 53.4 Å². The molecule has 0 spiro atoms. The summed E-state index contributed by atoms with van der Waals surface area (Å²) in [5, 5.41) is 7.81. The normalized spacial score (nSPS) is 13.2. The predicted octanol–water partition coefficient (Wildman–Crippen LogP) is 8.36. The van der Waals surface area contributed by atoms with Crippen LogP contribution in [0.1, 0.15) is 0 Å². The summed E-state index contributed by atoms with van der Waals surface area (Å²) < 4.78 is 11.5. The second kappa shape index (κ2) is 10.7. The average molecular weight is 705 g/mol. The molecule has 0 atom stereocenters. The molecule has 0 unspecified atom stereocenters. The zero-order valence-corrected chi connectivity index (χ0v) is 27.7. The van der Waals surface area contributed by atoms with Gasteiger partial charge in [0.25, 0.3) is 0 Å². The summed E-state index contributed by atoms with van der Waals surface area (Å²) in [6.07, 6.45) is 0. The Morgan fingerprint density at radius 3 is 1.44 bits per heavy atom. The Hall–Kier alpha value is -4.71. The quantitative estimate of drug-likeness (QED) is 0.0998. The molecule has 0 amide bonds. The molecule has 0 aliphatic carbocycles. The molecule has 0 radical (unpaired) electrons. The molecule has 0 bridgehead atoms. The van der Waals surface area contributed by atoms with Crippen LogP contribution in [0.4, 0.5) is 0 Å². The van der Waals surface area contributed by atoms with Gasteiger partial charge < -0.3 is 0 Å². The Bertz CT molecular complexity index is 2180. The first kappa shape index (κ1) is 26.7. The van der Waals surface area contributed by atoms with Crippen molar-refractivity contribution < 1.29 is 4.42 Å². The van der Waals surface area contributed by atoms with Crippen LogP contribution >= 0.6 is 19.8 Å². The molecular formula is C42H29IOSi. The van der Waals surface area contributed by atoms with E-state index >= 15 is 0 Å². The molecular weight excluding hydrogens is 675 g/mol. The van der Waals surface area contributed by atoms with E-state index in [-0.39, 0.29) is 0 Å². The van der Waals surface area contributed by atoms with E-state index in [9.17, 15) is 0 Å². The van der Waals surface area contributed by atoms with Crippen molar-refractivity contribution in [2.75, 3.05) is 0 Å². The minimum absolute atomic E-state index is 0.944. The van der Waals surface area contributed by atoms with Crippen LogP contribution in [0, 0.1) is 10.7 Å². The number of fused-ring (bicyclic) bond motifs is 6. The van der Waals surface area contributed by atoms with Gasteiger partial charge in [-0.3, -0.25) is 0 Å². The molecule has 3 heteroatoms. The standard InChI is InChI=1S/C42H29IOSi/c1-4-16-31(17-5-1)45(32-18-6-2-7-19-32,33-20-8-3-9-21-33)41-29-30(28-37-36-24-12-15-27-40(36)44-42(37)41)43-38-25-13-10-22-34(38)35-23-11-14-26-39(35)43/h1-29H. The first-order chi connectivity index (χ1) is 22.3. The van der Waals surface area contributed by atoms with E-state index in [1.54, 1.807) is 0 Å². The zero-order chi connectivity index (χ0) is 29.8. The summed E-state index contributed by atoms with van der Waals surface area (Å²) in [5.41, 5.74) is 4.75. The number of benzene rings is 7. The maximum atomic E-state index is 6.96. The summed E-state index contributed by atoms with van der Waals surface area (Å²) in [6.45, 7) is 0. The summed E-state index contributed by atoms with van der Waals surface area (Å²) in [6, 6.07) is 65.4. The molecule has 0 fully saturated rings. The third-order valence-corrected chi connectivity index (χ3v) is 20.0. The number of rotatable bonds is 5. The second-order valence-electron chi connectivity index (χ2n) is 11.5. The number of hydrogen-bond acceptors (Lipinski definition) is 1.